The molecule has 1 rings (SSSR count). The predicted octanol–water partition coefficient (Wildman–Crippen LogP) is 0.518. The van der Waals surface area contributed by atoms with Crippen molar-refractivity contribution in [3.05, 3.63) is 0 Å². The van der Waals surface area contributed by atoms with Crippen molar-refractivity contribution in [2.75, 3.05) is 6.61 Å². The Bertz CT molecular complexity index is 248. The van der Waals surface area contributed by atoms with Crippen LogP contribution in [0, 0.1) is 5.92 Å². The third-order valence-electron chi connectivity index (χ3n) is 3.07. The van der Waals surface area contributed by atoms with Gasteiger partial charge in [0, 0.05) is 0 Å². The Hall–Kier alpha value is -1.10. The number of aliphatic hydroxyl groups is 1. The van der Waals surface area contributed by atoms with Gasteiger partial charge in [0.25, 0.3) is 0 Å². The van der Waals surface area contributed by atoms with Crippen molar-refractivity contribution >= 4 is 11.9 Å². The van der Waals surface area contributed by atoms with Gasteiger partial charge in [0.2, 0.25) is 5.91 Å². The molecule has 1 saturated carbocycles. The summed E-state index contributed by atoms with van der Waals surface area (Å²) < 4.78 is 0. The van der Waals surface area contributed by atoms with E-state index in [-0.39, 0.29) is 0 Å². The average Bonchev–Trinajstić information content (AvgIpc) is 2.29. The van der Waals surface area contributed by atoms with Crippen LogP contribution in [0.1, 0.15) is 38.5 Å². The molecule has 1 aliphatic carbocycles. The number of rotatable bonds is 5. The molecule has 0 aromatic carbocycles. The van der Waals surface area contributed by atoms with Crippen LogP contribution in [0.15, 0.2) is 0 Å². The first-order valence-electron chi connectivity index (χ1n) is 5.76. The Balaban J connectivity index is 2.43. The summed E-state index contributed by atoms with van der Waals surface area (Å²) in [5.41, 5.74) is 0. The number of hydrogen-bond acceptors (Lipinski definition) is 3. The normalized spacial score (nSPS) is 19.1. The Morgan fingerprint density at radius 2 is 1.88 bits per heavy atom. The van der Waals surface area contributed by atoms with Gasteiger partial charge >= 0.3 is 5.97 Å². The van der Waals surface area contributed by atoms with E-state index in [1.165, 1.54) is 6.42 Å². The van der Waals surface area contributed by atoms with E-state index in [2.05, 4.69) is 5.32 Å². The quantitative estimate of drug-likeness (QED) is 0.641. The van der Waals surface area contributed by atoms with Gasteiger partial charge in [0.05, 0.1) is 0 Å². The van der Waals surface area contributed by atoms with E-state index in [1.54, 1.807) is 0 Å². The van der Waals surface area contributed by atoms with Crippen LogP contribution in [0.3, 0.4) is 0 Å². The molecule has 0 aromatic heterocycles. The average molecular weight is 229 g/mol. The zero-order valence-electron chi connectivity index (χ0n) is 9.32. The number of carboxylic acid groups (broad SMARTS) is 1. The van der Waals surface area contributed by atoms with E-state index in [0.717, 1.165) is 25.7 Å². The van der Waals surface area contributed by atoms with Crippen LogP contribution in [0.25, 0.3) is 0 Å². The fourth-order valence-electron chi connectivity index (χ4n) is 2.22. The standard InChI is InChI=1S/C11H19NO4/c13-7-10(14)12-9(11(15)16)6-8-4-2-1-3-5-8/h8-9,13H,1-7H2,(H,12,14)(H,15,16). The Kier molecular flexibility index (Phi) is 5.25. The van der Waals surface area contributed by atoms with Gasteiger partial charge in [-0.1, -0.05) is 32.1 Å². The van der Waals surface area contributed by atoms with Crippen LogP contribution in [0.4, 0.5) is 0 Å². The van der Waals surface area contributed by atoms with Gasteiger partial charge in [-0.25, -0.2) is 4.79 Å². The largest absolute Gasteiger partial charge is 0.480 e. The molecule has 1 fully saturated rings. The van der Waals surface area contributed by atoms with Crippen LogP contribution in [0.2, 0.25) is 0 Å². The molecule has 0 aliphatic heterocycles. The first kappa shape index (κ1) is 13.0. The maximum atomic E-state index is 10.9. The van der Waals surface area contributed by atoms with Crippen LogP contribution < -0.4 is 5.32 Å². The van der Waals surface area contributed by atoms with Gasteiger partial charge in [-0.2, -0.15) is 0 Å². The van der Waals surface area contributed by atoms with Crippen LogP contribution >= 0.6 is 0 Å². The Morgan fingerprint density at radius 3 is 2.38 bits per heavy atom. The second-order valence-corrected chi connectivity index (χ2v) is 4.36. The van der Waals surface area contributed by atoms with Gasteiger partial charge in [-0.3, -0.25) is 4.79 Å². The van der Waals surface area contributed by atoms with Crippen molar-refractivity contribution in [1.29, 1.82) is 0 Å². The summed E-state index contributed by atoms with van der Waals surface area (Å²) in [6.45, 7) is -0.658. The number of amides is 1. The van der Waals surface area contributed by atoms with Gasteiger partial charge in [0.15, 0.2) is 0 Å². The molecular weight excluding hydrogens is 210 g/mol. The fraction of sp³-hybridized carbons (Fsp3) is 0.818. The molecule has 3 N–H and O–H groups in total. The molecular formula is C11H19NO4. The maximum absolute atomic E-state index is 10.9. The molecule has 5 nitrogen and oxygen atoms in total. The lowest BCUT2D eigenvalue weighted by atomic mass is 9.85. The predicted molar refractivity (Wildman–Crippen MR) is 57.8 cm³/mol. The second-order valence-electron chi connectivity index (χ2n) is 4.36. The molecule has 1 unspecified atom stereocenters. The summed E-state index contributed by atoms with van der Waals surface area (Å²) in [4.78, 5) is 21.9. The van der Waals surface area contributed by atoms with Crippen molar-refractivity contribution in [1.82, 2.24) is 5.32 Å². The van der Waals surface area contributed by atoms with E-state index in [1.807, 2.05) is 0 Å². The Labute approximate surface area is 94.8 Å². The topological polar surface area (TPSA) is 86.6 Å². The van der Waals surface area contributed by atoms with Crippen molar-refractivity contribution < 1.29 is 19.8 Å². The third-order valence-corrected chi connectivity index (χ3v) is 3.07. The first-order valence-corrected chi connectivity index (χ1v) is 5.76. The monoisotopic (exact) mass is 229 g/mol. The molecule has 1 amide bonds. The molecule has 1 aliphatic rings. The number of carbonyl (C=O) groups excluding carboxylic acids is 1. The number of hydrogen-bond donors (Lipinski definition) is 3. The number of aliphatic hydroxyl groups excluding tert-OH is 1. The summed E-state index contributed by atoms with van der Waals surface area (Å²) >= 11 is 0. The number of carbonyl (C=O) groups is 2. The van der Waals surface area contributed by atoms with Crippen LogP contribution in [-0.2, 0) is 9.59 Å². The van der Waals surface area contributed by atoms with E-state index in [4.69, 9.17) is 10.2 Å². The smallest absolute Gasteiger partial charge is 0.326 e. The highest BCUT2D eigenvalue weighted by atomic mass is 16.4. The molecule has 0 saturated heterocycles. The molecule has 92 valence electrons. The third kappa shape index (κ3) is 4.18. The minimum atomic E-state index is -1.02. The second kappa shape index (κ2) is 6.48. The van der Waals surface area contributed by atoms with Crippen molar-refractivity contribution in [3.8, 4) is 0 Å². The molecule has 16 heavy (non-hydrogen) atoms. The maximum Gasteiger partial charge on any atom is 0.326 e. The zero-order valence-corrected chi connectivity index (χ0v) is 9.32. The van der Waals surface area contributed by atoms with Gasteiger partial charge in [0.1, 0.15) is 12.6 Å². The van der Waals surface area contributed by atoms with E-state index >= 15 is 0 Å². The van der Waals surface area contributed by atoms with E-state index < -0.39 is 24.5 Å². The minimum absolute atomic E-state index is 0.383. The Morgan fingerprint density at radius 1 is 1.25 bits per heavy atom. The molecule has 0 radical (unpaired) electrons. The zero-order chi connectivity index (χ0) is 12.0. The number of aliphatic carboxylic acids is 1. The lowest BCUT2D eigenvalue weighted by Gasteiger charge is -2.24. The molecule has 0 bridgehead atoms. The van der Waals surface area contributed by atoms with Crippen molar-refractivity contribution in [2.24, 2.45) is 5.92 Å². The highest BCUT2D eigenvalue weighted by Crippen LogP contribution is 2.27. The summed E-state index contributed by atoms with van der Waals surface area (Å²) in [5.74, 6) is -1.26. The van der Waals surface area contributed by atoms with Crippen LogP contribution in [0.5, 0.6) is 0 Å². The number of carboxylic acids is 1. The van der Waals surface area contributed by atoms with Gasteiger partial charge in [-0.05, 0) is 12.3 Å². The number of nitrogens with one attached hydrogen (secondary N) is 1. The lowest BCUT2D eigenvalue weighted by molar-refractivity contribution is -0.142. The highest BCUT2D eigenvalue weighted by molar-refractivity contribution is 5.84. The molecule has 1 atom stereocenters. The summed E-state index contributed by atoms with van der Waals surface area (Å²) in [6.07, 6.45) is 6.06. The van der Waals surface area contributed by atoms with Crippen molar-refractivity contribution in [2.45, 2.75) is 44.6 Å². The van der Waals surface area contributed by atoms with Crippen LogP contribution in [-0.4, -0.2) is 34.7 Å². The molecule has 0 aromatic rings. The summed E-state index contributed by atoms with van der Waals surface area (Å²) in [7, 11) is 0. The summed E-state index contributed by atoms with van der Waals surface area (Å²) in [6, 6.07) is -0.859. The highest BCUT2D eigenvalue weighted by Gasteiger charge is 2.24. The fourth-order valence-corrected chi connectivity index (χ4v) is 2.22. The molecule has 0 spiro atoms. The summed E-state index contributed by atoms with van der Waals surface area (Å²) in [5, 5.41) is 19.8. The van der Waals surface area contributed by atoms with E-state index in [9.17, 15) is 9.59 Å². The van der Waals surface area contributed by atoms with Gasteiger partial charge < -0.3 is 15.5 Å². The molecule has 0 heterocycles. The minimum Gasteiger partial charge on any atom is -0.480 e. The first-order chi connectivity index (χ1) is 7.63. The SMILES string of the molecule is O=C(CO)NC(CC1CCCCC1)C(=O)O. The van der Waals surface area contributed by atoms with E-state index in [0.29, 0.717) is 12.3 Å². The van der Waals surface area contributed by atoms with Crippen molar-refractivity contribution in [3.63, 3.8) is 0 Å². The molecule has 5 heteroatoms. The van der Waals surface area contributed by atoms with Gasteiger partial charge in [-0.15, -0.1) is 0 Å². The lowest BCUT2D eigenvalue weighted by Crippen LogP contribution is -2.43.